The van der Waals surface area contributed by atoms with Crippen LogP contribution < -0.4 is 10.2 Å². The summed E-state index contributed by atoms with van der Waals surface area (Å²) in [5, 5.41) is 0.665. The third-order valence-electron chi connectivity index (χ3n) is 2.63. The Labute approximate surface area is 94.3 Å². The van der Waals surface area contributed by atoms with Crippen LogP contribution in [0.2, 0.25) is 5.02 Å². The lowest BCUT2D eigenvalue weighted by Gasteiger charge is -2.28. The predicted molar refractivity (Wildman–Crippen MR) is 59.2 cm³/mol. The van der Waals surface area contributed by atoms with E-state index in [1.165, 1.54) is 5.56 Å². The Morgan fingerprint density at radius 3 is 3.07 bits per heavy atom. The first-order valence-corrected chi connectivity index (χ1v) is 5.32. The van der Waals surface area contributed by atoms with Crippen molar-refractivity contribution in [2.75, 3.05) is 13.7 Å². The number of nitrogens with one attached hydrogen (secondary N) is 1. The lowest BCUT2D eigenvalue weighted by atomic mass is 9.96. The summed E-state index contributed by atoms with van der Waals surface area (Å²) >= 11 is 6.09. The van der Waals surface area contributed by atoms with Crippen LogP contribution in [0, 0.1) is 6.92 Å². The summed E-state index contributed by atoms with van der Waals surface area (Å²) in [6, 6.07) is 4.03. The van der Waals surface area contributed by atoms with Crippen molar-refractivity contribution in [2.24, 2.45) is 0 Å². The van der Waals surface area contributed by atoms with Gasteiger partial charge in [-0.2, -0.15) is 5.48 Å². The minimum absolute atomic E-state index is 0.164. The lowest BCUT2D eigenvalue weighted by molar-refractivity contribution is 0.0460. The molecule has 82 valence electrons. The Morgan fingerprint density at radius 1 is 1.53 bits per heavy atom. The molecule has 0 aromatic heterocycles. The third-order valence-corrected chi connectivity index (χ3v) is 2.93. The van der Waals surface area contributed by atoms with Crippen LogP contribution in [0.5, 0.6) is 5.75 Å². The number of fused-ring (bicyclic) bond motifs is 1. The van der Waals surface area contributed by atoms with Crippen molar-refractivity contribution in [1.82, 2.24) is 5.48 Å². The van der Waals surface area contributed by atoms with E-state index in [0.29, 0.717) is 11.6 Å². The molecule has 4 heteroatoms. The number of benzene rings is 1. The number of aryl methyl sites for hydroxylation is 1. The molecule has 3 nitrogen and oxygen atoms in total. The standard InChI is InChI=1S/C11H14ClNO2/c1-7-3-4-8(12)11-10(7)9(13-14-2)5-6-15-11/h3-4,9,13H,5-6H2,1-2H3. The van der Waals surface area contributed by atoms with Gasteiger partial charge >= 0.3 is 0 Å². The van der Waals surface area contributed by atoms with E-state index in [1.807, 2.05) is 19.1 Å². The minimum atomic E-state index is 0.164. The van der Waals surface area contributed by atoms with Crippen LogP contribution in [0.3, 0.4) is 0 Å². The second-order valence-corrected chi connectivity index (χ2v) is 4.03. The maximum absolute atomic E-state index is 6.09. The van der Waals surface area contributed by atoms with Crippen LogP contribution in [0.15, 0.2) is 12.1 Å². The van der Waals surface area contributed by atoms with Crippen molar-refractivity contribution in [2.45, 2.75) is 19.4 Å². The molecule has 1 aliphatic heterocycles. The van der Waals surface area contributed by atoms with Gasteiger partial charge in [0.05, 0.1) is 24.8 Å². The van der Waals surface area contributed by atoms with Gasteiger partial charge in [-0.05, 0) is 18.6 Å². The highest BCUT2D eigenvalue weighted by Crippen LogP contribution is 2.39. The summed E-state index contributed by atoms with van der Waals surface area (Å²) in [4.78, 5) is 4.98. The maximum Gasteiger partial charge on any atom is 0.143 e. The first-order valence-electron chi connectivity index (χ1n) is 4.94. The zero-order valence-electron chi connectivity index (χ0n) is 8.84. The van der Waals surface area contributed by atoms with Crippen molar-refractivity contribution < 1.29 is 9.57 Å². The van der Waals surface area contributed by atoms with Gasteiger partial charge in [-0.15, -0.1) is 0 Å². The molecule has 0 radical (unpaired) electrons. The van der Waals surface area contributed by atoms with Crippen LogP contribution in [-0.4, -0.2) is 13.7 Å². The number of hydroxylamine groups is 1. The third kappa shape index (κ3) is 1.95. The first-order chi connectivity index (χ1) is 7.24. The highest BCUT2D eigenvalue weighted by atomic mass is 35.5. The van der Waals surface area contributed by atoms with E-state index in [-0.39, 0.29) is 6.04 Å². The summed E-state index contributed by atoms with van der Waals surface area (Å²) in [7, 11) is 1.62. The summed E-state index contributed by atoms with van der Waals surface area (Å²) in [5.74, 6) is 0.789. The molecule has 1 unspecified atom stereocenters. The largest absolute Gasteiger partial charge is 0.492 e. The van der Waals surface area contributed by atoms with Gasteiger partial charge in [-0.3, -0.25) is 0 Å². The smallest absolute Gasteiger partial charge is 0.143 e. The average molecular weight is 228 g/mol. The van der Waals surface area contributed by atoms with Crippen molar-refractivity contribution in [3.05, 3.63) is 28.3 Å². The zero-order chi connectivity index (χ0) is 10.8. The number of hydrogen-bond donors (Lipinski definition) is 1. The molecule has 0 saturated carbocycles. The Kier molecular flexibility index (Phi) is 3.14. The molecule has 1 aromatic carbocycles. The number of hydrogen-bond acceptors (Lipinski definition) is 3. The first kappa shape index (κ1) is 10.7. The molecular weight excluding hydrogens is 214 g/mol. The van der Waals surface area contributed by atoms with Crippen LogP contribution in [0.1, 0.15) is 23.6 Å². The van der Waals surface area contributed by atoms with E-state index in [9.17, 15) is 0 Å². The van der Waals surface area contributed by atoms with E-state index in [4.69, 9.17) is 21.2 Å². The minimum Gasteiger partial charge on any atom is -0.492 e. The lowest BCUT2D eigenvalue weighted by Crippen LogP contribution is -2.27. The van der Waals surface area contributed by atoms with Gasteiger partial charge in [-0.1, -0.05) is 17.7 Å². The van der Waals surface area contributed by atoms with Gasteiger partial charge < -0.3 is 9.57 Å². The molecule has 1 aromatic rings. The van der Waals surface area contributed by atoms with Crippen LogP contribution in [0.25, 0.3) is 0 Å². The highest BCUT2D eigenvalue weighted by molar-refractivity contribution is 6.32. The Morgan fingerprint density at radius 2 is 2.33 bits per heavy atom. The second-order valence-electron chi connectivity index (χ2n) is 3.62. The van der Waals surface area contributed by atoms with Gasteiger partial charge in [0, 0.05) is 12.0 Å². The highest BCUT2D eigenvalue weighted by Gasteiger charge is 2.25. The van der Waals surface area contributed by atoms with Crippen LogP contribution in [-0.2, 0) is 4.84 Å². The molecule has 0 spiro atoms. The number of rotatable bonds is 2. The van der Waals surface area contributed by atoms with Gasteiger partial charge in [0.15, 0.2) is 0 Å². The molecule has 2 rings (SSSR count). The molecule has 0 fully saturated rings. The second kappa shape index (κ2) is 4.39. The van der Waals surface area contributed by atoms with E-state index in [0.717, 1.165) is 17.7 Å². The molecular formula is C11H14ClNO2. The van der Waals surface area contributed by atoms with Gasteiger partial charge in [0.1, 0.15) is 5.75 Å². The maximum atomic E-state index is 6.09. The quantitative estimate of drug-likeness (QED) is 0.788. The summed E-state index contributed by atoms with van der Waals surface area (Å²) < 4.78 is 5.58. The molecule has 15 heavy (non-hydrogen) atoms. The van der Waals surface area contributed by atoms with Crippen molar-refractivity contribution in [3.8, 4) is 5.75 Å². The molecule has 0 amide bonds. The van der Waals surface area contributed by atoms with Crippen molar-refractivity contribution >= 4 is 11.6 Å². The fourth-order valence-electron chi connectivity index (χ4n) is 1.93. The average Bonchev–Trinajstić information content (AvgIpc) is 2.24. The van der Waals surface area contributed by atoms with Gasteiger partial charge in [0.25, 0.3) is 0 Å². The number of halogens is 1. The van der Waals surface area contributed by atoms with E-state index in [2.05, 4.69) is 5.48 Å². The van der Waals surface area contributed by atoms with Crippen molar-refractivity contribution in [3.63, 3.8) is 0 Å². The molecule has 1 N–H and O–H groups in total. The van der Waals surface area contributed by atoms with Gasteiger partial charge in [0.2, 0.25) is 0 Å². The fourth-order valence-corrected chi connectivity index (χ4v) is 2.15. The normalized spacial score (nSPS) is 19.5. The van der Waals surface area contributed by atoms with Crippen LogP contribution in [0.4, 0.5) is 0 Å². The monoisotopic (exact) mass is 227 g/mol. The number of ether oxygens (including phenoxy) is 1. The Hall–Kier alpha value is -0.770. The van der Waals surface area contributed by atoms with Crippen LogP contribution >= 0.6 is 11.6 Å². The SMILES string of the molecule is CONC1CCOc2c(Cl)ccc(C)c21. The fraction of sp³-hybridized carbons (Fsp3) is 0.455. The predicted octanol–water partition coefficient (Wildman–Crippen LogP) is 2.62. The molecule has 0 bridgehead atoms. The van der Waals surface area contributed by atoms with E-state index < -0.39 is 0 Å². The molecule has 1 atom stereocenters. The van der Waals surface area contributed by atoms with E-state index >= 15 is 0 Å². The summed E-state index contributed by atoms with van der Waals surface area (Å²) in [6.45, 7) is 2.71. The summed E-state index contributed by atoms with van der Waals surface area (Å²) in [5.41, 5.74) is 5.25. The summed E-state index contributed by atoms with van der Waals surface area (Å²) in [6.07, 6.45) is 0.891. The molecule has 0 aliphatic carbocycles. The Bertz CT molecular complexity index is 368. The zero-order valence-corrected chi connectivity index (χ0v) is 9.60. The molecule has 1 aliphatic rings. The van der Waals surface area contributed by atoms with E-state index in [1.54, 1.807) is 7.11 Å². The van der Waals surface area contributed by atoms with Crippen molar-refractivity contribution in [1.29, 1.82) is 0 Å². The van der Waals surface area contributed by atoms with Gasteiger partial charge in [-0.25, -0.2) is 0 Å². The topological polar surface area (TPSA) is 30.5 Å². The Balaban J connectivity index is 2.45. The molecule has 1 heterocycles. The molecule has 0 saturated heterocycles.